The lowest BCUT2D eigenvalue weighted by molar-refractivity contribution is -0.113. The lowest BCUT2D eigenvalue weighted by atomic mass is 10.2. The average molecular weight is 373 g/mol. The summed E-state index contributed by atoms with van der Waals surface area (Å²) in [7, 11) is -3.98. The van der Waals surface area contributed by atoms with E-state index in [0.29, 0.717) is 10.1 Å². The number of nitrogens with one attached hydrogen (secondary N) is 2. The van der Waals surface area contributed by atoms with Gasteiger partial charge < -0.3 is 10.4 Å². The average Bonchev–Trinajstić information content (AvgIpc) is 3.00. The molecule has 0 atom stereocenters. The normalized spacial score (nSPS) is 15.5. The summed E-state index contributed by atoms with van der Waals surface area (Å²) in [5, 5.41) is 13.4. The van der Waals surface area contributed by atoms with Crippen LogP contribution in [0.4, 0.5) is 5.82 Å². The fraction of sp³-hybridized carbons (Fsp3) is 0. The van der Waals surface area contributed by atoms with Crippen LogP contribution in [-0.4, -0.2) is 24.4 Å². The summed E-state index contributed by atoms with van der Waals surface area (Å²) in [6, 6.07) is 11.8. The molecule has 9 heteroatoms. The van der Waals surface area contributed by atoms with Crippen molar-refractivity contribution in [2.45, 2.75) is 4.90 Å². The number of benzene rings is 1. The highest BCUT2D eigenvalue weighted by molar-refractivity contribution is 7.90. The number of fused-ring (bicyclic) bond motifs is 3. The van der Waals surface area contributed by atoms with Crippen molar-refractivity contribution in [3.63, 3.8) is 0 Å². The van der Waals surface area contributed by atoms with Crippen molar-refractivity contribution in [3.05, 3.63) is 59.2 Å². The number of thiophene rings is 1. The smallest absolute Gasteiger partial charge is 0.277 e. The number of carbonyl (C=O) groups excluding carboxylic acids is 1. The molecule has 1 aliphatic rings. The van der Waals surface area contributed by atoms with Gasteiger partial charge in [0, 0.05) is 16.3 Å². The minimum Gasteiger partial charge on any atom is -0.504 e. The number of anilines is 1. The Morgan fingerprint density at radius 1 is 1.16 bits per heavy atom. The van der Waals surface area contributed by atoms with Gasteiger partial charge in [0.25, 0.3) is 15.9 Å². The fourth-order valence-electron chi connectivity index (χ4n) is 2.56. The highest BCUT2D eigenvalue weighted by Crippen LogP contribution is 2.41. The number of hydrogen-bond donors (Lipinski definition) is 3. The molecule has 0 saturated carbocycles. The van der Waals surface area contributed by atoms with E-state index in [1.165, 1.54) is 6.20 Å². The molecular weight excluding hydrogens is 362 g/mol. The molecule has 126 valence electrons. The van der Waals surface area contributed by atoms with Gasteiger partial charge in [0.2, 0.25) is 0 Å². The van der Waals surface area contributed by atoms with E-state index in [2.05, 4.69) is 15.0 Å². The van der Waals surface area contributed by atoms with Crippen molar-refractivity contribution in [1.29, 1.82) is 0 Å². The molecule has 0 aliphatic carbocycles. The molecule has 25 heavy (non-hydrogen) atoms. The summed E-state index contributed by atoms with van der Waals surface area (Å²) in [6.07, 6.45) is 1.49. The standard InChI is InChI=1S/C16H11N3O4S2/c20-13-12(16(21)18-11-7-3-4-8-17-11)19-25(22,23)15-9-5-1-2-6-10(9)24-14(13)15/h1-8,19-20H,(H,17,18,21). The van der Waals surface area contributed by atoms with Gasteiger partial charge in [-0.3, -0.25) is 9.52 Å². The summed E-state index contributed by atoms with van der Waals surface area (Å²) >= 11 is 1.11. The summed E-state index contributed by atoms with van der Waals surface area (Å²) in [5.74, 6) is -0.948. The Bertz CT molecular complexity index is 1130. The van der Waals surface area contributed by atoms with Gasteiger partial charge in [0.15, 0.2) is 11.5 Å². The van der Waals surface area contributed by atoms with Crippen LogP contribution in [0.3, 0.4) is 0 Å². The van der Waals surface area contributed by atoms with Gasteiger partial charge in [-0.05, 0) is 18.2 Å². The Morgan fingerprint density at radius 2 is 1.92 bits per heavy atom. The minimum atomic E-state index is -3.98. The van der Waals surface area contributed by atoms with Crippen LogP contribution in [0.2, 0.25) is 0 Å². The van der Waals surface area contributed by atoms with Gasteiger partial charge in [-0.2, -0.15) is 0 Å². The van der Waals surface area contributed by atoms with Crippen molar-refractivity contribution >= 4 is 48.9 Å². The number of rotatable bonds is 2. The van der Waals surface area contributed by atoms with Gasteiger partial charge >= 0.3 is 0 Å². The minimum absolute atomic E-state index is 0.0139. The number of amides is 1. The van der Waals surface area contributed by atoms with Crippen LogP contribution in [0.5, 0.6) is 0 Å². The van der Waals surface area contributed by atoms with E-state index < -0.39 is 27.4 Å². The molecule has 0 fully saturated rings. The number of aliphatic hydroxyl groups is 1. The van der Waals surface area contributed by atoms with E-state index >= 15 is 0 Å². The SMILES string of the molecule is O=C(Nc1ccccn1)C1=C(O)c2sc3ccccc3c2S(=O)(=O)N1. The van der Waals surface area contributed by atoms with Crippen LogP contribution in [0.15, 0.2) is 59.3 Å². The van der Waals surface area contributed by atoms with Gasteiger partial charge in [-0.15, -0.1) is 11.3 Å². The van der Waals surface area contributed by atoms with Gasteiger partial charge in [0.1, 0.15) is 10.7 Å². The number of hydrogen-bond acceptors (Lipinski definition) is 6. The third kappa shape index (κ3) is 2.53. The number of nitrogens with zero attached hydrogens (tertiary/aromatic N) is 1. The zero-order valence-corrected chi connectivity index (χ0v) is 14.2. The van der Waals surface area contributed by atoms with Crippen LogP contribution in [0, 0.1) is 0 Å². The van der Waals surface area contributed by atoms with Crippen LogP contribution in [0.1, 0.15) is 4.88 Å². The second-order valence-corrected chi connectivity index (χ2v) is 7.93. The first-order valence-electron chi connectivity index (χ1n) is 7.18. The highest BCUT2D eigenvalue weighted by atomic mass is 32.2. The zero-order chi connectivity index (χ0) is 17.6. The fourth-order valence-corrected chi connectivity index (χ4v) is 5.50. The first-order chi connectivity index (χ1) is 12.0. The van der Waals surface area contributed by atoms with E-state index in [1.54, 1.807) is 42.5 Å². The number of aliphatic hydroxyl groups excluding tert-OH is 1. The number of aromatic nitrogens is 1. The molecule has 2 aromatic heterocycles. The maximum absolute atomic E-state index is 12.6. The maximum Gasteiger partial charge on any atom is 0.277 e. The van der Waals surface area contributed by atoms with Gasteiger partial charge in [-0.25, -0.2) is 13.4 Å². The quantitative estimate of drug-likeness (QED) is 0.639. The predicted molar refractivity (Wildman–Crippen MR) is 94.6 cm³/mol. The van der Waals surface area contributed by atoms with Crippen molar-refractivity contribution < 1.29 is 18.3 Å². The number of sulfonamides is 1. The molecular formula is C16H11N3O4S2. The molecule has 7 nitrogen and oxygen atoms in total. The third-order valence-corrected chi connectivity index (χ3v) is 6.38. The third-order valence-electron chi connectivity index (χ3n) is 3.64. The van der Waals surface area contributed by atoms with Crippen molar-refractivity contribution in [1.82, 2.24) is 9.71 Å². The maximum atomic E-state index is 12.6. The second-order valence-electron chi connectivity index (χ2n) is 5.25. The van der Waals surface area contributed by atoms with Crippen molar-refractivity contribution in [3.8, 4) is 0 Å². The lowest BCUT2D eigenvalue weighted by Gasteiger charge is -2.18. The molecule has 3 heterocycles. The van der Waals surface area contributed by atoms with E-state index in [-0.39, 0.29) is 15.6 Å². The molecule has 1 amide bonds. The van der Waals surface area contributed by atoms with E-state index in [9.17, 15) is 18.3 Å². The lowest BCUT2D eigenvalue weighted by Crippen LogP contribution is -2.35. The molecule has 3 N–H and O–H groups in total. The van der Waals surface area contributed by atoms with Crippen molar-refractivity contribution in [2.24, 2.45) is 0 Å². The summed E-state index contributed by atoms with van der Waals surface area (Å²) in [5.41, 5.74) is -0.426. The summed E-state index contributed by atoms with van der Waals surface area (Å²) in [4.78, 5) is 16.5. The Morgan fingerprint density at radius 3 is 2.68 bits per heavy atom. The van der Waals surface area contributed by atoms with Crippen LogP contribution in [0.25, 0.3) is 15.8 Å². The molecule has 1 aliphatic heterocycles. The molecule has 0 bridgehead atoms. The van der Waals surface area contributed by atoms with E-state index in [0.717, 1.165) is 11.3 Å². The Labute approximate surface area is 146 Å². The topological polar surface area (TPSA) is 108 Å². The van der Waals surface area contributed by atoms with Crippen molar-refractivity contribution in [2.75, 3.05) is 5.32 Å². The highest BCUT2D eigenvalue weighted by Gasteiger charge is 2.36. The Kier molecular flexibility index (Phi) is 3.48. The molecule has 1 aromatic carbocycles. The largest absolute Gasteiger partial charge is 0.504 e. The molecule has 0 saturated heterocycles. The first kappa shape index (κ1) is 15.6. The number of pyridine rings is 1. The monoisotopic (exact) mass is 373 g/mol. The zero-order valence-electron chi connectivity index (χ0n) is 12.6. The molecule has 0 spiro atoms. The summed E-state index contributed by atoms with van der Waals surface area (Å²) < 4.78 is 28.1. The molecule has 0 unspecified atom stereocenters. The first-order valence-corrected chi connectivity index (χ1v) is 9.48. The van der Waals surface area contributed by atoms with Gasteiger partial charge in [0.05, 0.1) is 4.88 Å². The predicted octanol–water partition coefficient (Wildman–Crippen LogP) is 2.45. The molecule has 3 aromatic rings. The van der Waals surface area contributed by atoms with E-state index in [1.807, 2.05) is 0 Å². The van der Waals surface area contributed by atoms with Gasteiger partial charge in [-0.1, -0.05) is 24.3 Å². The molecule has 0 radical (unpaired) electrons. The summed E-state index contributed by atoms with van der Waals surface area (Å²) in [6.45, 7) is 0. The van der Waals surface area contributed by atoms with Crippen LogP contribution < -0.4 is 10.0 Å². The molecule has 4 rings (SSSR count). The Hall–Kier alpha value is -2.91. The van der Waals surface area contributed by atoms with E-state index in [4.69, 9.17) is 0 Å². The second kappa shape index (κ2) is 5.57. The number of carbonyl (C=O) groups is 1. The van der Waals surface area contributed by atoms with Crippen LogP contribution >= 0.6 is 11.3 Å². The van der Waals surface area contributed by atoms with Crippen LogP contribution in [-0.2, 0) is 14.8 Å². The Balaban J connectivity index is 1.84.